The Hall–Kier alpha value is -0.130. The fourth-order valence-corrected chi connectivity index (χ4v) is 5.43. The third kappa shape index (κ3) is 3.92. The summed E-state index contributed by atoms with van der Waals surface area (Å²) in [5.74, 6) is 3.37. The summed E-state index contributed by atoms with van der Waals surface area (Å²) in [4.78, 5) is 12.4. The molecule has 0 aromatic heterocycles. The zero-order valence-corrected chi connectivity index (χ0v) is 14.2. The SMILES string of the molecule is COc1ccc(CC(=O)C2SCCSC2C)cc1Br. The van der Waals surface area contributed by atoms with E-state index in [9.17, 15) is 4.79 Å². The van der Waals surface area contributed by atoms with Crippen molar-refractivity contribution >= 4 is 45.2 Å². The van der Waals surface area contributed by atoms with Crippen LogP contribution in [0.3, 0.4) is 0 Å². The van der Waals surface area contributed by atoms with Crippen molar-refractivity contribution in [2.45, 2.75) is 23.8 Å². The second-order valence-electron chi connectivity index (χ2n) is 4.48. The first-order valence-corrected chi connectivity index (χ1v) is 9.09. The molecule has 1 saturated heterocycles. The normalized spacial score (nSPS) is 23.1. The summed E-state index contributed by atoms with van der Waals surface area (Å²) < 4.78 is 6.10. The highest BCUT2D eigenvalue weighted by Crippen LogP contribution is 2.33. The first-order chi connectivity index (χ1) is 9.11. The minimum absolute atomic E-state index is 0.139. The molecule has 0 radical (unpaired) electrons. The molecule has 2 rings (SSSR count). The Bertz CT molecular complexity index is 465. The van der Waals surface area contributed by atoms with Gasteiger partial charge in [0.25, 0.3) is 0 Å². The highest BCUT2D eigenvalue weighted by atomic mass is 79.9. The number of rotatable bonds is 4. The number of carbonyl (C=O) groups excluding carboxylic acids is 1. The van der Waals surface area contributed by atoms with E-state index in [-0.39, 0.29) is 5.25 Å². The van der Waals surface area contributed by atoms with Gasteiger partial charge in [0.15, 0.2) is 5.78 Å². The quantitative estimate of drug-likeness (QED) is 0.815. The van der Waals surface area contributed by atoms with Crippen LogP contribution in [-0.2, 0) is 11.2 Å². The molecule has 0 spiro atoms. The van der Waals surface area contributed by atoms with Crippen LogP contribution in [0.5, 0.6) is 5.75 Å². The first kappa shape index (κ1) is 15.3. The number of hydrogen-bond acceptors (Lipinski definition) is 4. The van der Waals surface area contributed by atoms with Gasteiger partial charge in [-0.3, -0.25) is 4.79 Å². The van der Waals surface area contributed by atoms with Crippen LogP contribution in [0.25, 0.3) is 0 Å². The van der Waals surface area contributed by atoms with Crippen molar-refractivity contribution in [2.24, 2.45) is 0 Å². The predicted molar refractivity (Wildman–Crippen MR) is 87.6 cm³/mol. The van der Waals surface area contributed by atoms with Gasteiger partial charge in [-0.1, -0.05) is 13.0 Å². The predicted octanol–water partition coefficient (Wildman–Crippen LogP) is 3.81. The molecular weight excluding hydrogens is 344 g/mol. The van der Waals surface area contributed by atoms with E-state index < -0.39 is 0 Å². The molecule has 1 fully saturated rings. The molecule has 2 atom stereocenters. The molecule has 104 valence electrons. The molecule has 0 N–H and O–H groups in total. The Balaban J connectivity index is 2.04. The second-order valence-corrected chi connectivity index (χ2v) is 8.07. The van der Waals surface area contributed by atoms with E-state index in [4.69, 9.17) is 4.74 Å². The zero-order chi connectivity index (χ0) is 13.8. The number of ether oxygens (including phenoxy) is 1. The molecule has 1 aliphatic rings. The fraction of sp³-hybridized carbons (Fsp3) is 0.500. The fourth-order valence-electron chi connectivity index (χ4n) is 2.11. The highest BCUT2D eigenvalue weighted by molar-refractivity contribution is 9.10. The number of thioether (sulfide) groups is 2. The van der Waals surface area contributed by atoms with Crippen molar-refractivity contribution in [3.05, 3.63) is 28.2 Å². The zero-order valence-electron chi connectivity index (χ0n) is 11.0. The van der Waals surface area contributed by atoms with Crippen molar-refractivity contribution in [1.29, 1.82) is 0 Å². The number of benzene rings is 1. The lowest BCUT2D eigenvalue weighted by molar-refractivity contribution is -0.117. The molecule has 2 unspecified atom stereocenters. The van der Waals surface area contributed by atoms with E-state index in [1.165, 1.54) is 0 Å². The maximum absolute atomic E-state index is 12.4. The Kier molecular flexibility index (Phi) is 5.66. The Morgan fingerprint density at radius 3 is 2.79 bits per heavy atom. The van der Waals surface area contributed by atoms with E-state index >= 15 is 0 Å². The van der Waals surface area contributed by atoms with Crippen LogP contribution in [-0.4, -0.2) is 34.9 Å². The summed E-state index contributed by atoms with van der Waals surface area (Å²) in [7, 11) is 1.64. The summed E-state index contributed by atoms with van der Waals surface area (Å²) in [6.45, 7) is 2.16. The van der Waals surface area contributed by atoms with Gasteiger partial charge >= 0.3 is 0 Å². The Morgan fingerprint density at radius 2 is 2.16 bits per heavy atom. The molecule has 2 nitrogen and oxygen atoms in total. The highest BCUT2D eigenvalue weighted by Gasteiger charge is 2.28. The van der Waals surface area contributed by atoms with Crippen molar-refractivity contribution < 1.29 is 9.53 Å². The topological polar surface area (TPSA) is 26.3 Å². The van der Waals surface area contributed by atoms with Gasteiger partial charge in [0.1, 0.15) is 5.75 Å². The average Bonchev–Trinajstić information content (AvgIpc) is 2.39. The van der Waals surface area contributed by atoms with Gasteiger partial charge in [-0.15, -0.1) is 11.8 Å². The number of carbonyl (C=O) groups is 1. The van der Waals surface area contributed by atoms with Gasteiger partial charge < -0.3 is 4.74 Å². The molecule has 1 aromatic rings. The number of hydrogen-bond donors (Lipinski definition) is 0. The number of Topliss-reactive ketones (excluding diaryl/α,β-unsaturated/α-hetero) is 1. The van der Waals surface area contributed by atoms with Gasteiger partial charge in [0, 0.05) is 23.2 Å². The lowest BCUT2D eigenvalue weighted by atomic mass is 10.1. The van der Waals surface area contributed by atoms with Crippen molar-refractivity contribution in [3.8, 4) is 5.75 Å². The van der Waals surface area contributed by atoms with Crippen LogP contribution >= 0.6 is 39.5 Å². The summed E-state index contributed by atoms with van der Waals surface area (Å²) in [5.41, 5.74) is 1.04. The van der Waals surface area contributed by atoms with Crippen LogP contribution < -0.4 is 4.74 Å². The molecule has 1 aromatic carbocycles. The molecule has 5 heteroatoms. The van der Waals surface area contributed by atoms with Gasteiger partial charge in [0.2, 0.25) is 0 Å². The molecule has 0 amide bonds. The largest absolute Gasteiger partial charge is 0.496 e. The summed E-state index contributed by atoms with van der Waals surface area (Å²) in [5, 5.41) is 0.563. The standard InChI is InChI=1S/C14H17BrO2S2/c1-9-14(19-6-5-18-9)12(16)8-10-3-4-13(17-2)11(15)7-10/h3-4,7,9,14H,5-6,8H2,1-2H3. The lowest BCUT2D eigenvalue weighted by Gasteiger charge is -2.26. The van der Waals surface area contributed by atoms with Crippen LogP contribution in [0.2, 0.25) is 0 Å². The number of methoxy groups -OCH3 is 1. The third-order valence-corrected chi connectivity index (χ3v) is 6.86. The molecule has 0 aliphatic carbocycles. The van der Waals surface area contributed by atoms with Crippen LogP contribution in [0.1, 0.15) is 12.5 Å². The lowest BCUT2D eigenvalue weighted by Crippen LogP contribution is -2.32. The monoisotopic (exact) mass is 360 g/mol. The summed E-state index contributed by atoms with van der Waals surface area (Å²) >= 11 is 7.17. The number of halogens is 1. The van der Waals surface area contributed by atoms with Gasteiger partial charge in [-0.2, -0.15) is 11.8 Å². The molecule has 0 bridgehead atoms. The van der Waals surface area contributed by atoms with Crippen LogP contribution in [0.15, 0.2) is 22.7 Å². The Morgan fingerprint density at radius 1 is 1.42 bits per heavy atom. The van der Waals surface area contributed by atoms with E-state index in [0.717, 1.165) is 27.3 Å². The van der Waals surface area contributed by atoms with E-state index in [0.29, 0.717) is 17.5 Å². The van der Waals surface area contributed by atoms with Gasteiger partial charge in [0.05, 0.1) is 16.8 Å². The van der Waals surface area contributed by atoms with Gasteiger partial charge in [-0.05, 0) is 33.6 Å². The van der Waals surface area contributed by atoms with Crippen LogP contribution in [0, 0.1) is 0 Å². The molecular formula is C14H17BrO2S2. The molecule has 1 aliphatic heterocycles. The number of ketones is 1. The Labute approximate surface area is 131 Å². The maximum atomic E-state index is 12.4. The van der Waals surface area contributed by atoms with Crippen molar-refractivity contribution in [1.82, 2.24) is 0 Å². The maximum Gasteiger partial charge on any atom is 0.151 e. The third-order valence-electron chi connectivity index (χ3n) is 3.10. The van der Waals surface area contributed by atoms with Crippen LogP contribution in [0.4, 0.5) is 0 Å². The summed E-state index contributed by atoms with van der Waals surface area (Å²) in [6.07, 6.45) is 0.505. The van der Waals surface area contributed by atoms with E-state index in [1.807, 2.05) is 30.0 Å². The summed E-state index contributed by atoms with van der Waals surface area (Å²) in [6, 6.07) is 5.84. The average molecular weight is 361 g/mol. The van der Waals surface area contributed by atoms with E-state index in [1.54, 1.807) is 18.9 Å². The van der Waals surface area contributed by atoms with Gasteiger partial charge in [-0.25, -0.2) is 0 Å². The molecule has 0 saturated carbocycles. The van der Waals surface area contributed by atoms with Crippen molar-refractivity contribution in [3.63, 3.8) is 0 Å². The minimum atomic E-state index is 0.139. The first-order valence-electron chi connectivity index (χ1n) is 6.20. The van der Waals surface area contributed by atoms with Crippen molar-refractivity contribution in [2.75, 3.05) is 18.6 Å². The molecule has 19 heavy (non-hydrogen) atoms. The second kappa shape index (κ2) is 7.04. The molecule has 1 heterocycles. The minimum Gasteiger partial charge on any atom is -0.496 e. The smallest absolute Gasteiger partial charge is 0.151 e. The van der Waals surface area contributed by atoms with E-state index in [2.05, 4.69) is 22.9 Å².